The van der Waals surface area contributed by atoms with E-state index < -0.39 is 0 Å². The smallest absolute Gasteiger partial charge is 0.253 e. The van der Waals surface area contributed by atoms with Gasteiger partial charge in [-0.1, -0.05) is 29.3 Å². The first-order valence-electron chi connectivity index (χ1n) is 6.60. The van der Waals surface area contributed by atoms with E-state index in [1.807, 2.05) is 6.07 Å². The minimum atomic E-state index is -0.106. The normalized spacial score (nSPS) is 13.8. The van der Waals surface area contributed by atoms with Crippen molar-refractivity contribution in [3.63, 3.8) is 0 Å². The van der Waals surface area contributed by atoms with Crippen LogP contribution in [0.2, 0.25) is 10.0 Å². The number of amides is 1. The number of pyridine rings is 1. The number of rotatable bonds is 4. The van der Waals surface area contributed by atoms with Gasteiger partial charge in [-0.3, -0.25) is 9.78 Å². The van der Waals surface area contributed by atoms with Gasteiger partial charge in [-0.05, 0) is 31.0 Å². The van der Waals surface area contributed by atoms with Gasteiger partial charge in [0, 0.05) is 12.2 Å². The summed E-state index contributed by atoms with van der Waals surface area (Å²) in [7, 11) is 0. The molecule has 2 N–H and O–H groups in total. The Hall–Kier alpha value is -1.78. The van der Waals surface area contributed by atoms with Crippen molar-refractivity contribution < 1.29 is 4.79 Å². The van der Waals surface area contributed by atoms with Crippen LogP contribution in [-0.2, 0) is 0 Å². The van der Waals surface area contributed by atoms with Gasteiger partial charge in [0.25, 0.3) is 5.91 Å². The molecule has 0 radical (unpaired) electrons. The van der Waals surface area contributed by atoms with Gasteiger partial charge in [0.15, 0.2) is 0 Å². The quantitative estimate of drug-likeness (QED) is 0.894. The molecule has 0 saturated heterocycles. The first-order chi connectivity index (χ1) is 10.1. The molecule has 1 aromatic carbocycles. The van der Waals surface area contributed by atoms with E-state index in [2.05, 4.69) is 15.6 Å². The molecule has 6 heteroatoms. The van der Waals surface area contributed by atoms with Crippen LogP contribution in [0, 0.1) is 0 Å². The minimum Gasteiger partial charge on any atom is -0.353 e. The Kier molecular flexibility index (Phi) is 3.99. The molecule has 0 spiro atoms. The summed E-state index contributed by atoms with van der Waals surface area (Å²) in [5, 5.41) is 6.95. The molecule has 0 aliphatic heterocycles. The zero-order valence-electron chi connectivity index (χ0n) is 11.1. The first kappa shape index (κ1) is 14.2. The van der Waals surface area contributed by atoms with E-state index in [9.17, 15) is 4.79 Å². The molecule has 21 heavy (non-hydrogen) atoms. The van der Waals surface area contributed by atoms with Crippen LogP contribution in [0.15, 0.2) is 36.7 Å². The van der Waals surface area contributed by atoms with Gasteiger partial charge in [0.1, 0.15) is 0 Å². The molecule has 1 saturated carbocycles. The minimum absolute atomic E-state index is 0.106. The lowest BCUT2D eigenvalue weighted by Gasteiger charge is -2.10. The molecule has 3 rings (SSSR count). The van der Waals surface area contributed by atoms with Crippen molar-refractivity contribution in [1.29, 1.82) is 0 Å². The van der Waals surface area contributed by atoms with Crippen LogP contribution < -0.4 is 10.6 Å². The molecule has 1 fully saturated rings. The van der Waals surface area contributed by atoms with Crippen molar-refractivity contribution in [2.45, 2.75) is 18.9 Å². The Balaban J connectivity index is 1.79. The number of benzene rings is 1. The number of carbonyl (C=O) groups excluding carboxylic acids is 1. The van der Waals surface area contributed by atoms with E-state index in [0.29, 0.717) is 33.0 Å². The van der Waals surface area contributed by atoms with E-state index in [1.54, 1.807) is 30.6 Å². The molecule has 0 atom stereocenters. The van der Waals surface area contributed by atoms with Crippen LogP contribution in [0.4, 0.5) is 11.4 Å². The summed E-state index contributed by atoms with van der Waals surface area (Å²) in [6, 6.07) is 7.38. The van der Waals surface area contributed by atoms with Crippen molar-refractivity contribution >= 4 is 40.5 Å². The highest BCUT2D eigenvalue weighted by molar-refractivity contribution is 6.43. The Morgan fingerprint density at radius 2 is 2.05 bits per heavy atom. The lowest BCUT2D eigenvalue weighted by molar-refractivity contribution is 0.0951. The third-order valence-corrected chi connectivity index (χ3v) is 3.96. The SMILES string of the molecule is O=C(NC1CC1)c1cncc(Nc2cccc(Cl)c2Cl)c1. The van der Waals surface area contributed by atoms with Gasteiger partial charge in [-0.25, -0.2) is 0 Å². The van der Waals surface area contributed by atoms with Crippen LogP contribution in [0.25, 0.3) is 0 Å². The molecule has 0 bridgehead atoms. The molecule has 4 nitrogen and oxygen atoms in total. The van der Waals surface area contributed by atoms with Crippen LogP contribution in [0.1, 0.15) is 23.2 Å². The first-order valence-corrected chi connectivity index (χ1v) is 7.36. The fourth-order valence-electron chi connectivity index (χ4n) is 1.88. The maximum atomic E-state index is 12.0. The monoisotopic (exact) mass is 321 g/mol. The summed E-state index contributed by atoms with van der Waals surface area (Å²) in [6.07, 6.45) is 5.28. The molecular weight excluding hydrogens is 309 g/mol. The largest absolute Gasteiger partial charge is 0.353 e. The molecule has 1 heterocycles. The maximum absolute atomic E-state index is 12.0. The summed E-state index contributed by atoms with van der Waals surface area (Å²) in [6.45, 7) is 0. The summed E-state index contributed by atoms with van der Waals surface area (Å²) in [5.74, 6) is -0.106. The number of nitrogens with one attached hydrogen (secondary N) is 2. The van der Waals surface area contributed by atoms with Crippen molar-refractivity contribution in [3.05, 3.63) is 52.3 Å². The fourth-order valence-corrected chi connectivity index (χ4v) is 2.23. The van der Waals surface area contributed by atoms with E-state index in [4.69, 9.17) is 23.2 Å². The van der Waals surface area contributed by atoms with Crippen LogP contribution in [0.5, 0.6) is 0 Å². The summed E-state index contributed by atoms with van der Waals surface area (Å²) < 4.78 is 0. The van der Waals surface area contributed by atoms with Crippen LogP contribution in [0.3, 0.4) is 0 Å². The Bertz CT molecular complexity index is 686. The second-order valence-corrected chi connectivity index (χ2v) is 5.72. The number of aromatic nitrogens is 1. The maximum Gasteiger partial charge on any atom is 0.253 e. The van der Waals surface area contributed by atoms with Crippen LogP contribution >= 0.6 is 23.2 Å². The standard InChI is InChI=1S/C15H13Cl2N3O/c16-12-2-1-3-13(14(12)17)19-11-6-9(7-18-8-11)15(21)20-10-4-5-10/h1-3,6-8,10,19H,4-5H2,(H,20,21). The zero-order chi connectivity index (χ0) is 14.8. The second-order valence-electron chi connectivity index (χ2n) is 4.94. The lowest BCUT2D eigenvalue weighted by Crippen LogP contribution is -2.25. The van der Waals surface area contributed by atoms with Crippen molar-refractivity contribution in [3.8, 4) is 0 Å². The number of anilines is 2. The van der Waals surface area contributed by atoms with Crippen molar-refractivity contribution in [2.75, 3.05) is 5.32 Å². The lowest BCUT2D eigenvalue weighted by atomic mass is 10.2. The Morgan fingerprint density at radius 3 is 2.81 bits per heavy atom. The number of nitrogens with zero attached hydrogens (tertiary/aromatic N) is 1. The van der Waals surface area contributed by atoms with E-state index >= 15 is 0 Å². The number of carbonyl (C=O) groups is 1. The summed E-state index contributed by atoms with van der Waals surface area (Å²) in [5.41, 5.74) is 1.87. The Morgan fingerprint density at radius 1 is 1.24 bits per heavy atom. The highest BCUT2D eigenvalue weighted by atomic mass is 35.5. The fraction of sp³-hybridized carbons (Fsp3) is 0.200. The molecular formula is C15H13Cl2N3O. The summed E-state index contributed by atoms with van der Waals surface area (Å²) >= 11 is 12.1. The topological polar surface area (TPSA) is 54.0 Å². The average molecular weight is 322 g/mol. The molecule has 2 aromatic rings. The third-order valence-electron chi connectivity index (χ3n) is 3.14. The highest BCUT2D eigenvalue weighted by Gasteiger charge is 2.23. The second kappa shape index (κ2) is 5.92. The van der Waals surface area contributed by atoms with Gasteiger partial charge < -0.3 is 10.6 Å². The highest BCUT2D eigenvalue weighted by Crippen LogP contribution is 2.31. The average Bonchev–Trinajstić information content (AvgIpc) is 3.28. The van der Waals surface area contributed by atoms with Gasteiger partial charge in [0.05, 0.1) is 33.2 Å². The third kappa shape index (κ3) is 3.46. The predicted octanol–water partition coefficient (Wildman–Crippen LogP) is 4.02. The van der Waals surface area contributed by atoms with Gasteiger partial charge in [0.2, 0.25) is 0 Å². The molecule has 1 aliphatic carbocycles. The number of hydrogen-bond acceptors (Lipinski definition) is 3. The predicted molar refractivity (Wildman–Crippen MR) is 84.5 cm³/mol. The van der Waals surface area contributed by atoms with Gasteiger partial charge >= 0.3 is 0 Å². The van der Waals surface area contributed by atoms with E-state index in [1.165, 1.54) is 0 Å². The van der Waals surface area contributed by atoms with Crippen LogP contribution in [-0.4, -0.2) is 16.9 Å². The van der Waals surface area contributed by atoms with Crippen molar-refractivity contribution in [1.82, 2.24) is 10.3 Å². The zero-order valence-corrected chi connectivity index (χ0v) is 12.6. The molecule has 1 amide bonds. The summed E-state index contributed by atoms with van der Waals surface area (Å²) in [4.78, 5) is 16.1. The molecule has 1 aliphatic rings. The molecule has 0 unspecified atom stereocenters. The van der Waals surface area contributed by atoms with E-state index in [0.717, 1.165) is 12.8 Å². The molecule has 1 aromatic heterocycles. The van der Waals surface area contributed by atoms with Crippen molar-refractivity contribution in [2.24, 2.45) is 0 Å². The number of hydrogen-bond donors (Lipinski definition) is 2. The van der Waals surface area contributed by atoms with E-state index in [-0.39, 0.29) is 5.91 Å². The van der Waals surface area contributed by atoms with Gasteiger partial charge in [-0.2, -0.15) is 0 Å². The number of halogens is 2. The molecule has 108 valence electrons. The Labute approximate surface area is 132 Å². The van der Waals surface area contributed by atoms with Gasteiger partial charge in [-0.15, -0.1) is 0 Å².